The van der Waals surface area contributed by atoms with Crippen molar-refractivity contribution in [2.24, 2.45) is 0 Å². The molecule has 21 heavy (non-hydrogen) atoms. The van der Waals surface area contributed by atoms with Crippen molar-refractivity contribution in [1.82, 2.24) is 5.32 Å². The average molecular weight is 317 g/mol. The largest absolute Gasteiger partial charge is 0.461 e. The number of furan rings is 1. The summed E-state index contributed by atoms with van der Waals surface area (Å²) < 4.78 is 5.09. The number of thiophene rings is 2. The highest BCUT2D eigenvalue weighted by molar-refractivity contribution is 7.14. The lowest BCUT2D eigenvalue weighted by Crippen LogP contribution is -2.21. The molecule has 0 aromatic carbocycles. The van der Waals surface area contributed by atoms with E-state index in [9.17, 15) is 9.59 Å². The third-order valence-corrected chi connectivity index (χ3v) is 4.60. The molecule has 4 nitrogen and oxygen atoms in total. The van der Waals surface area contributed by atoms with Crippen LogP contribution in [-0.2, 0) is 6.54 Å². The number of nitrogens with one attached hydrogen (secondary N) is 1. The molecule has 0 atom stereocenters. The Bertz CT molecular complexity index is 742. The number of hydrogen-bond donors (Lipinski definition) is 1. The van der Waals surface area contributed by atoms with Crippen LogP contribution >= 0.6 is 22.7 Å². The normalized spacial score (nSPS) is 10.5. The fraction of sp³-hybridized carbons (Fsp3) is 0.0667. The lowest BCUT2D eigenvalue weighted by atomic mass is 10.2. The van der Waals surface area contributed by atoms with Crippen LogP contribution in [-0.4, -0.2) is 11.7 Å². The fourth-order valence-electron chi connectivity index (χ4n) is 1.79. The predicted molar refractivity (Wildman–Crippen MR) is 81.9 cm³/mol. The van der Waals surface area contributed by atoms with Crippen molar-refractivity contribution in [2.75, 3.05) is 0 Å². The zero-order valence-corrected chi connectivity index (χ0v) is 12.5. The molecule has 3 rings (SSSR count). The molecule has 0 unspecified atom stereocenters. The number of carbonyl (C=O) groups excluding carboxylic acids is 2. The Morgan fingerprint density at radius 2 is 2.10 bits per heavy atom. The lowest BCUT2D eigenvalue weighted by Gasteiger charge is -2.00. The Morgan fingerprint density at radius 3 is 2.81 bits per heavy atom. The highest BCUT2D eigenvalue weighted by atomic mass is 32.1. The molecule has 6 heteroatoms. The van der Waals surface area contributed by atoms with E-state index >= 15 is 0 Å². The molecule has 0 aliphatic rings. The van der Waals surface area contributed by atoms with E-state index in [1.165, 1.54) is 28.9 Å². The van der Waals surface area contributed by atoms with Crippen LogP contribution in [0.25, 0.3) is 0 Å². The van der Waals surface area contributed by atoms with E-state index < -0.39 is 0 Å². The lowest BCUT2D eigenvalue weighted by molar-refractivity contribution is 0.0951. The Morgan fingerprint density at radius 1 is 1.19 bits per heavy atom. The molecular formula is C15H11NO3S2. The standard InChI is InChI=1S/C15H11NO3S2/c17-14(12-2-1-6-19-12)13-4-3-11(21-13)8-16-15(18)10-5-7-20-9-10/h1-7,9H,8H2,(H,16,18). The molecule has 106 valence electrons. The summed E-state index contributed by atoms with van der Waals surface area (Å²) in [5.41, 5.74) is 0.656. The van der Waals surface area contributed by atoms with E-state index in [2.05, 4.69) is 5.32 Å². The van der Waals surface area contributed by atoms with Gasteiger partial charge < -0.3 is 9.73 Å². The summed E-state index contributed by atoms with van der Waals surface area (Å²) in [5.74, 6) is 0.0784. The molecule has 0 bridgehead atoms. The maximum atomic E-state index is 12.1. The number of rotatable bonds is 5. The molecule has 0 aliphatic carbocycles. The van der Waals surface area contributed by atoms with Crippen LogP contribution in [0.3, 0.4) is 0 Å². The van der Waals surface area contributed by atoms with Gasteiger partial charge >= 0.3 is 0 Å². The molecule has 0 saturated heterocycles. The highest BCUT2D eigenvalue weighted by Crippen LogP contribution is 2.20. The number of carbonyl (C=O) groups is 2. The van der Waals surface area contributed by atoms with Gasteiger partial charge in [-0.1, -0.05) is 0 Å². The van der Waals surface area contributed by atoms with Crippen molar-refractivity contribution in [1.29, 1.82) is 0 Å². The average Bonchev–Trinajstić information content (AvgIpc) is 3.26. The molecule has 0 spiro atoms. The zero-order chi connectivity index (χ0) is 14.7. The Labute approximate surface area is 129 Å². The van der Waals surface area contributed by atoms with Crippen LogP contribution in [0.2, 0.25) is 0 Å². The number of ketones is 1. The summed E-state index contributed by atoms with van der Waals surface area (Å²) >= 11 is 2.84. The van der Waals surface area contributed by atoms with Crippen LogP contribution in [0, 0.1) is 0 Å². The van der Waals surface area contributed by atoms with E-state index in [1.54, 1.807) is 29.6 Å². The van der Waals surface area contributed by atoms with Crippen LogP contribution in [0.15, 0.2) is 51.8 Å². The molecule has 0 saturated carbocycles. The Balaban J connectivity index is 1.63. The van der Waals surface area contributed by atoms with Gasteiger partial charge in [-0.05, 0) is 35.7 Å². The quantitative estimate of drug-likeness (QED) is 0.732. The molecule has 3 heterocycles. The fourth-order valence-corrected chi connectivity index (χ4v) is 3.32. The molecule has 1 amide bonds. The zero-order valence-electron chi connectivity index (χ0n) is 10.9. The topological polar surface area (TPSA) is 59.3 Å². The van der Waals surface area contributed by atoms with Crippen molar-refractivity contribution in [3.8, 4) is 0 Å². The third-order valence-electron chi connectivity index (χ3n) is 2.84. The first-order valence-corrected chi connectivity index (χ1v) is 7.97. The highest BCUT2D eigenvalue weighted by Gasteiger charge is 2.14. The maximum Gasteiger partial charge on any atom is 0.252 e. The first kappa shape index (κ1) is 13.8. The summed E-state index contributed by atoms with van der Waals surface area (Å²) in [4.78, 5) is 25.4. The molecule has 3 aromatic heterocycles. The number of hydrogen-bond acceptors (Lipinski definition) is 5. The van der Waals surface area contributed by atoms with Crippen LogP contribution in [0.5, 0.6) is 0 Å². The maximum absolute atomic E-state index is 12.1. The minimum absolute atomic E-state index is 0.108. The van der Waals surface area contributed by atoms with Crippen LogP contribution in [0.4, 0.5) is 0 Å². The van der Waals surface area contributed by atoms with Crippen molar-refractivity contribution in [2.45, 2.75) is 6.54 Å². The second kappa shape index (κ2) is 6.07. The Hall–Kier alpha value is -2.18. The van der Waals surface area contributed by atoms with Crippen molar-refractivity contribution < 1.29 is 14.0 Å². The summed E-state index contributed by atoms with van der Waals surface area (Å²) in [6.45, 7) is 0.408. The summed E-state index contributed by atoms with van der Waals surface area (Å²) in [5, 5.41) is 6.49. The van der Waals surface area contributed by atoms with Gasteiger partial charge in [0.25, 0.3) is 5.91 Å². The predicted octanol–water partition coefficient (Wildman–Crippen LogP) is 3.56. The van der Waals surface area contributed by atoms with E-state index in [4.69, 9.17) is 4.42 Å². The van der Waals surface area contributed by atoms with Gasteiger partial charge in [0.1, 0.15) is 0 Å². The van der Waals surface area contributed by atoms with Gasteiger partial charge in [0, 0.05) is 15.8 Å². The summed E-state index contributed by atoms with van der Waals surface area (Å²) in [7, 11) is 0. The smallest absolute Gasteiger partial charge is 0.252 e. The Kier molecular flexibility index (Phi) is 3.98. The second-order valence-corrected chi connectivity index (χ2v) is 6.22. The first-order valence-electron chi connectivity index (χ1n) is 6.21. The van der Waals surface area contributed by atoms with Crippen LogP contribution in [0.1, 0.15) is 30.7 Å². The van der Waals surface area contributed by atoms with E-state index in [-0.39, 0.29) is 11.7 Å². The van der Waals surface area contributed by atoms with Gasteiger partial charge in [-0.15, -0.1) is 11.3 Å². The molecule has 0 radical (unpaired) electrons. The van der Waals surface area contributed by atoms with Gasteiger partial charge in [-0.25, -0.2) is 0 Å². The monoisotopic (exact) mass is 317 g/mol. The van der Waals surface area contributed by atoms with Crippen LogP contribution < -0.4 is 5.32 Å². The van der Waals surface area contributed by atoms with Gasteiger partial charge in [0.2, 0.25) is 5.78 Å². The van der Waals surface area contributed by atoms with E-state index in [1.807, 2.05) is 11.4 Å². The van der Waals surface area contributed by atoms with E-state index in [0.717, 1.165) is 4.88 Å². The third kappa shape index (κ3) is 3.12. The molecule has 3 aromatic rings. The van der Waals surface area contributed by atoms with Gasteiger partial charge in [0.05, 0.1) is 17.7 Å². The van der Waals surface area contributed by atoms with Crippen molar-refractivity contribution >= 4 is 34.4 Å². The van der Waals surface area contributed by atoms with Crippen molar-refractivity contribution in [3.05, 3.63) is 68.4 Å². The van der Waals surface area contributed by atoms with E-state index in [0.29, 0.717) is 22.7 Å². The summed E-state index contributed by atoms with van der Waals surface area (Å²) in [6, 6.07) is 8.69. The minimum atomic E-state index is -0.139. The molecule has 0 aliphatic heterocycles. The first-order chi connectivity index (χ1) is 10.2. The second-order valence-electron chi connectivity index (χ2n) is 4.27. The summed E-state index contributed by atoms with van der Waals surface area (Å²) in [6.07, 6.45) is 1.48. The number of amides is 1. The molecular weight excluding hydrogens is 306 g/mol. The van der Waals surface area contributed by atoms with Crippen molar-refractivity contribution in [3.63, 3.8) is 0 Å². The SMILES string of the molecule is O=C(NCc1ccc(C(=O)c2ccco2)s1)c1ccsc1. The minimum Gasteiger partial charge on any atom is -0.461 e. The molecule has 0 fully saturated rings. The van der Waals surface area contributed by atoms with Gasteiger partial charge in [-0.2, -0.15) is 11.3 Å². The molecule has 1 N–H and O–H groups in total. The van der Waals surface area contributed by atoms with Gasteiger partial charge in [-0.3, -0.25) is 9.59 Å². The van der Waals surface area contributed by atoms with Gasteiger partial charge in [0.15, 0.2) is 5.76 Å².